The molecule has 4 aliphatic carbocycles. The number of hydrogen-bond acceptors (Lipinski definition) is 4. The van der Waals surface area contributed by atoms with Gasteiger partial charge in [-0.05, 0) is 91.4 Å². The number of ether oxygens (including phenoxy) is 1. The Bertz CT molecular complexity index is 959. The second kappa shape index (κ2) is 9.09. The average molecular weight is 499 g/mol. The van der Waals surface area contributed by atoms with Crippen molar-refractivity contribution in [2.24, 2.45) is 51.2 Å². The third kappa shape index (κ3) is 3.95. The highest BCUT2D eigenvalue weighted by molar-refractivity contribution is 6.05. The minimum atomic E-state index is -0.174. The summed E-state index contributed by atoms with van der Waals surface area (Å²) in [6, 6.07) is 0. The third-order valence-electron chi connectivity index (χ3n) is 12.2. The first-order valence-electron chi connectivity index (χ1n) is 14.6. The Morgan fingerprint density at radius 1 is 0.889 bits per heavy atom. The van der Waals surface area contributed by atoms with Crippen molar-refractivity contribution < 1.29 is 19.1 Å². The lowest BCUT2D eigenvalue weighted by Gasteiger charge is -2.70. The molecule has 4 nitrogen and oxygen atoms in total. The highest BCUT2D eigenvalue weighted by Crippen LogP contribution is 2.73. The summed E-state index contributed by atoms with van der Waals surface area (Å²) in [5, 5.41) is 0. The molecule has 3 fully saturated rings. The van der Waals surface area contributed by atoms with E-state index >= 15 is 0 Å². The summed E-state index contributed by atoms with van der Waals surface area (Å²) in [4.78, 5) is 39.0. The van der Waals surface area contributed by atoms with E-state index < -0.39 is 0 Å². The second-order valence-corrected chi connectivity index (χ2v) is 14.5. The Labute approximate surface area is 219 Å². The summed E-state index contributed by atoms with van der Waals surface area (Å²) in [6.45, 7) is 19.7. The van der Waals surface area contributed by atoms with Gasteiger partial charge in [-0.25, -0.2) is 0 Å². The van der Waals surface area contributed by atoms with Crippen LogP contribution in [0.5, 0.6) is 0 Å². The lowest BCUT2D eigenvalue weighted by molar-refractivity contribution is -0.229. The Balaban J connectivity index is 1.75. The lowest BCUT2D eigenvalue weighted by atomic mass is 9.34. The summed E-state index contributed by atoms with van der Waals surface area (Å²) in [7, 11) is 0. The Kier molecular flexibility index (Phi) is 6.96. The summed E-state index contributed by atoms with van der Waals surface area (Å²) in [5.74, 6) is 1.19. The predicted molar refractivity (Wildman–Crippen MR) is 143 cm³/mol. The van der Waals surface area contributed by atoms with Gasteiger partial charge in [-0.2, -0.15) is 0 Å². The summed E-state index contributed by atoms with van der Waals surface area (Å²) >= 11 is 0. The van der Waals surface area contributed by atoms with Crippen molar-refractivity contribution in [3.63, 3.8) is 0 Å². The van der Waals surface area contributed by atoms with Gasteiger partial charge in [0.2, 0.25) is 0 Å². The van der Waals surface area contributed by atoms with Crippen LogP contribution >= 0.6 is 0 Å². The molecule has 3 saturated carbocycles. The first-order valence-corrected chi connectivity index (χ1v) is 14.6. The topological polar surface area (TPSA) is 60.4 Å². The maximum Gasteiger partial charge on any atom is 0.302 e. The van der Waals surface area contributed by atoms with Gasteiger partial charge in [-0.3, -0.25) is 14.4 Å². The summed E-state index contributed by atoms with van der Waals surface area (Å²) in [5.41, 5.74) is 0.734. The monoisotopic (exact) mass is 498 g/mol. The SMILES string of the molecule is CC(=O)OC1CCC2(C)C(CCC3(C)C2CCC2C(=O)C(C(C)C)=CC(=O)C(C)CCC23C)C1(C)C. The van der Waals surface area contributed by atoms with Gasteiger partial charge in [0.05, 0.1) is 0 Å². The molecule has 0 heterocycles. The van der Waals surface area contributed by atoms with Crippen LogP contribution in [0.4, 0.5) is 0 Å². The van der Waals surface area contributed by atoms with Crippen molar-refractivity contribution in [1.82, 2.24) is 0 Å². The van der Waals surface area contributed by atoms with E-state index in [2.05, 4.69) is 48.5 Å². The number of ketones is 2. The zero-order valence-electron chi connectivity index (χ0n) is 24.3. The zero-order chi connectivity index (χ0) is 26.8. The van der Waals surface area contributed by atoms with E-state index in [1.54, 1.807) is 6.08 Å². The molecule has 4 aliphatic rings. The van der Waals surface area contributed by atoms with Crippen LogP contribution < -0.4 is 0 Å². The molecule has 0 spiro atoms. The standard InChI is InChI=1S/C32H50O4/c1-19(2)22-18-24(34)20(3)12-16-31(8)23(28(22)35)10-11-26-30(7)15-14-27(36-21(4)33)29(5,6)25(30)13-17-32(26,31)9/h18-20,23,25-27H,10-17H2,1-9H3. The van der Waals surface area contributed by atoms with Crippen LogP contribution in [0.1, 0.15) is 114 Å². The number of hydrogen-bond donors (Lipinski definition) is 0. The van der Waals surface area contributed by atoms with E-state index in [1.807, 2.05) is 6.92 Å². The van der Waals surface area contributed by atoms with Gasteiger partial charge < -0.3 is 4.74 Å². The Hall–Kier alpha value is -1.45. The Morgan fingerprint density at radius 3 is 2.14 bits per heavy atom. The van der Waals surface area contributed by atoms with Gasteiger partial charge in [0.1, 0.15) is 6.10 Å². The normalized spacial score (nSPS) is 44.8. The molecule has 202 valence electrons. The van der Waals surface area contributed by atoms with Gasteiger partial charge >= 0.3 is 5.97 Å². The van der Waals surface area contributed by atoms with E-state index in [9.17, 15) is 14.4 Å². The molecule has 8 atom stereocenters. The minimum Gasteiger partial charge on any atom is -0.462 e. The number of carbonyl (C=O) groups excluding carboxylic acids is 3. The van der Waals surface area contributed by atoms with Crippen molar-refractivity contribution in [2.45, 2.75) is 120 Å². The molecule has 0 aromatic rings. The van der Waals surface area contributed by atoms with Crippen LogP contribution in [0.2, 0.25) is 0 Å². The van der Waals surface area contributed by atoms with Crippen LogP contribution in [-0.4, -0.2) is 23.6 Å². The van der Waals surface area contributed by atoms with Crippen LogP contribution in [0.3, 0.4) is 0 Å². The van der Waals surface area contributed by atoms with E-state index in [4.69, 9.17) is 4.74 Å². The fourth-order valence-electron chi connectivity index (χ4n) is 9.88. The van der Waals surface area contributed by atoms with Crippen LogP contribution in [0, 0.1) is 51.2 Å². The fraction of sp³-hybridized carbons (Fsp3) is 0.844. The average Bonchev–Trinajstić information content (AvgIpc) is 2.80. The van der Waals surface area contributed by atoms with E-state index in [0.717, 1.165) is 56.9 Å². The number of fused-ring (bicyclic) bond motifs is 5. The minimum absolute atomic E-state index is 0.0176. The molecule has 0 bridgehead atoms. The highest BCUT2D eigenvalue weighted by Gasteiger charge is 2.67. The van der Waals surface area contributed by atoms with Crippen LogP contribution in [0.15, 0.2) is 11.6 Å². The number of allylic oxidation sites excluding steroid dienone is 2. The second-order valence-electron chi connectivity index (χ2n) is 14.5. The number of esters is 1. The maximum atomic E-state index is 14.1. The van der Waals surface area contributed by atoms with Gasteiger partial charge in [-0.1, -0.05) is 55.4 Å². The number of Topliss-reactive ketones (excluding diaryl/α,β-unsaturated/α-hetero) is 1. The van der Waals surface area contributed by atoms with E-state index in [0.29, 0.717) is 11.8 Å². The Morgan fingerprint density at radius 2 is 1.53 bits per heavy atom. The molecule has 0 aromatic heterocycles. The third-order valence-corrected chi connectivity index (χ3v) is 12.2. The predicted octanol–water partition coefficient (Wildman–Crippen LogP) is 7.34. The summed E-state index contributed by atoms with van der Waals surface area (Å²) in [6.07, 6.45) is 9.63. The number of carbonyl (C=O) groups is 3. The molecule has 0 N–H and O–H groups in total. The highest BCUT2D eigenvalue weighted by atomic mass is 16.5. The largest absolute Gasteiger partial charge is 0.462 e. The van der Waals surface area contributed by atoms with Crippen molar-refractivity contribution in [3.05, 3.63) is 11.6 Å². The van der Waals surface area contributed by atoms with Gasteiger partial charge in [0.25, 0.3) is 0 Å². The molecule has 0 aromatic carbocycles. The van der Waals surface area contributed by atoms with Crippen molar-refractivity contribution in [1.29, 1.82) is 0 Å². The molecule has 4 heteroatoms. The molecule has 0 saturated heterocycles. The quantitative estimate of drug-likeness (QED) is 0.374. The molecule has 0 radical (unpaired) electrons. The van der Waals surface area contributed by atoms with Gasteiger partial charge in [0.15, 0.2) is 11.6 Å². The molecular formula is C32H50O4. The van der Waals surface area contributed by atoms with E-state index in [-0.39, 0.29) is 63.1 Å². The molecule has 36 heavy (non-hydrogen) atoms. The smallest absolute Gasteiger partial charge is 0.302 e. The molecule has 0 aliphatic heterocycles. The van der Waals surface area contributed by atoms with Gasteiger partial charge in [0, 0.05) is 29.7 Å². The molecule has 8 unspecified atom stereocenters. The van der Waals surface area contributed by atoms with Crippen molar-refractivity contribution >= 4 is 17.5 Å². The van der Waals surface area contributed by atoms with Crippen LogP contribution in [0.25, 0.3) is 0 Å². The number of rotatable bonds is 2. The summed E-state index contributed by atoms with van der Waals surface area (Å²) < 4.78 is 5.86. The maximum absolute atomic E-state index is 14.1. The molecule has 0 amide bonds. The first-order chi connectivity index (χ1) is 16.6. The van der Waals surface area contributed by atoms with Crippen LogP contribution in [-0.2, 0) is 19.1 Å². The van der Waals surface area contributed by atoms with E-state index in [1.165, 1.54) is 6.92 Å². The van der Waals surface area contributed by atoms with Crippen molar-refractivity contribution in [3.8, 4) is 0 Å². The van der Waals surface area contributed by atoms with Gasteiger partial charge in [-0.15, -0.1) is 0 Å². The lowest BCUT2D eigenvalue weighted by Crippen LogP contribution is -2.65. The zero-order valence-corrected chi connectivity index (χ0v) is 24.3. The molecular weight excluding hydrogens is 448 g/mol. The first kappa shape index (κ1) is 27.6. The molecule has 4 rings (SSSR count). The van der Waals surface area contributed by atoms with Crippen molar-refractivity contribution in [2.75, 3.05) is 0 Å². The fourth-order valence-corrected chi connectivity index (χ4v) is 9.88.